The number of esters is 1. The molecule has 4 saturated heterocycles. The molecule has 3 spiro atoms. The van der Waals surface area contributed by atoms with Gasteiger partial charge in [-0.25, -0.2) is 0 Å². The standard InChI is InChI=1S/C42H63NO7/c1-25-9-8-10-37-40(23-28(4)29(5)24-43-37)15-13-33(36-21-27(3)38(45)47-36)30(6)34(40)20-26(2)35(44)22-32-12-16-41(48-32)17-18-42(50-41)39(7,46)14-11-31(19-25)49-42/h20,27-29,31-32,34-36,44,46H,1,8-19,21-24H2,2-7H3/b26-20-. The van der Waals surface area contributed by atoms with Crippen molar-refractivity contribution in [2.45, 2.75) is 179 Å². The topological polar surface area (TPSA) is 107 Å². The van der Waals surface area contributed by atoms with Gasteiger partial charge in [0, 0.05) is 55.7 Å². The van der Waals surface area contributed by atoms with Gasteiger partial charge in [-0.1, -0.05) is 44.6 Å². The van der Waals surface area contributed by atoms with Crippen molar-refractivity contribution < 1.29 is 34.0 Å². The van der Waals surface area contributed by atoms with Crippen LogP contribution in [0.2, 0.25) is 0 Å². The zero-order chi connectivity index (χ0) is 35.6. The number of carbonyl (C=O) groups is 1. The Kier molecular flexibility index (Phi) is 9.89. The van der Waals surface area contributed by atoms with E-state index < -0.39 is 23.3 Å². The molecule has 2 N–H and O–H groups in total. The molecule has 7 rings (SSSR count). The number of hydrogen-bond donors (Lipinski definition) is 2. The van der Waals surface area contributed by atoms with Crippen molar-refractivity contribution in [3.8, 4) is 0 Å². The number of hydrogen-bond acceptors (Lipinski definition) is 8. The van der Waals surface area contributed by atoms with E-state index in [-0.39, 0.29) is 41.5 Å². The van der Waals surface area contributed by atoms with Crippen molar-refractivity contribution in [1.29, 1.82) is 0 Å². The first-order chi connectivity index (χ1) is 23.6. The first-order valence-corrected chi connectivity index (χ1v) is 19.9. The predicted octanol–water partition coefficient (Wildman–Crippen LogP) is 7.91. The van der Waals surface area contributed by atoms with E-state index >= 15 is 0 Å². The van der Waals surface area contributed by atoms with E-state index in [0.29, 0.717) is 37.5 Å². The molecule has 12 unspecified atom stereocenters. The molecule has 4 fully saturated rings. The number of carbonyl (C=O) groups excluding carboxylic acids is 1. The third-order valence-corrected chi connectivity index (χ3v) is 14.3. The van der Waals surface area contributed by atoms with Gasteiger partial charge < -0.3 is 29.2 Å². The molecule has 12 atom stereocenters. The molecule has 0 aromatic rings. The van der Waals surface area contributed by atoms with Crippen molar-refractivity contribution >= 4 is 11.7 Å². The highest BCUT2D eigenvalue weighted by Gasteiger charge is 2.64. The van der Waals surface area contributed by atoms with Crippen LogP contribution in [-0.2, 0) is 23.7 Å². The molecule has 8 nitrogen and oxygen atoms in total. The van der Waals surface area contributed by atoms with E-state index in [2.05, 4.69) is 40.3 Å². The van der Waals surface area contributed by atoms with E-state index in [1.54, 1.807) is 0 Å². The number of ether oxygens (including phenoxy) is 4. The second-order valence-corrected chi connectivity index (χ2v) is 17.9. The molecule has 0 radical (unpaired) electrons. The van der Waals surface area contributed by atoms with Gasteiger partial charge in [0.2, 0.25) is 5.79 Å². The van der Waals surface area contributed by atoms with Crippen LogP contribution in [-0.4, -0.2) is 70.0 Å². The second kappa shape index (κ2) is 13.5. The van der Waals surface area contributed by atoms with Gasteiger partial charge in [-0.3, -0.25) is 9.79 Å². The number of aliphatic imine (C=N–C) groups is 1. The molecule has 6 aliphatic heterocycles. The normalized spacial score (nSPS) is 48.6. The second-order valence-electron chi connectivity index (χ2n) is 17.9. The summed E-state index contributed by atoms with van der Waals surface area (Å²) >= 11 is 0. The van der Waals surface area contributed by atoms with Gasteiger partial charge in [-0.15, -0.1) is 0 Å². The minimum absolute atomic E-state index is 0.0519. The minimum Gasteiger partial charge on any atom is -0.458 e. The van der Waals surface area contributed by atoms with Crippen LogP contribution in [0.1, 0.15) is 138 Å². The Morgan fingerprint density at radius 1 is 0.940 bits per heavy atom. The molecular weight excluding hydrogens is 630 g/mol. The van der Waals surface area contributed by atoms with Crippen molar-refractivity contribution in [2.24, 2.45) is 34.1 Å². The number of nitrogens with zero attached hydrogens (tertiary/aromatic N) is 1. The summed E-state index contributed by atoms with van der Waals surface area (Å²) in [5, 5.41) is 23.4. The fourth-order valence-electron chi connectivity index (χ4n) is 10.7. The minimum atomic E-state index is -1.11. The number of cyclic esters (lactones) is 1. The summed E-state index contributed by atoms with van der Waals surface area (Å²) in [4.78, 5) is 18.0. The maximum absolute atomic E-state index is 12.6. The zero-order valence-electron chi connectivity index (χ0n) is 31.6. The molecular formula is C42H63NO7. The van der Waals surface area contributed by atoms with Crippen molar-refractivity contribution in [3.63, 3.8) is 0 Å². The van der Waals surface area contributed by atoms with E-state index in [4.69, 9.17) is 23.9 Å². The maximum Gasteiger partial charge on any atom is 0.309 e. The third kappa shape index (κ3) is 6.52. The monoisotopic (exact) mass is 693 g/mol. The van der Waals surface area contributed by atoms with Crippen molar-refractivity contribution in [2.75, 3.05) is 6.54 Å². The summed E-state index contributed by atoms with van der Waals surface area (Å²) in [7, 11) is 0. The summed E-state index contributed by atoms with van der Waals surface area (Å²) in [6.07, 6.45) is 13.1. The Morgan fingerprint density at radius 2 is 1.72 bits per heavy atom. The Labute approximate surface area is 300 Å². The number of aliphatic hydroxyl groups excluding tert-OH is 1. The van der Waals surface area contributed by atoms with Crippen molar-refractivity contribution in [1.82, 2.24) is 0 Å². The lowest BCUT2D eigenvalue weighted by Gasteiger charge is -2.49. The number of fused-ring (bicyclic) bond motifs is 2. The van der Waals surface area contributed by atoms with Crippen LogP contribution >= 0.6 is 0 Å². The zero-order valence-corrected chi connectivity index (χ0v) is 31.6. The van der Waals surface area contributed by atoms with Crippen molar-refractivity contribution in [3.05, 3.63) is 34.9 Å². The number of rotatable bonds is 1. The molecule has 4 bridgehead atoms. The lowest BCUT2D eigenvalue weighted by molar-refractivity contribution is -0.387. The van der Waals surface area contributed by atoms with Gasteiger partial charge in [0.15, 0.2) is 5.79 Å². The molecule has 0 amide bonds. The highest BCUT2D eigenvalue weighted by Crippen LogP contribution is 2.56. The molecule has 278 valence electrons. The van der Waals surface area contributed by atoms with Gasteiger partial charge in [-0.05, 0) is 108 Å². The number of aliphatic hydroxyl groups is 2. The van der Waals surface area contributed by atoms with E-state index in [1.807, 2.05) is 13.8 Å². The summed E-state index contributed by atoms with van der Waals surface area (Å²) < 4.78 is 26.2. The van der Waals surface area contributed by atoms with Gasteiger partial charge in [0.25, 0.3) is 0 Å². The third-order valence-electron chi connectivity index (χ3n) is 14.3. The lowest BCUT2D eigenvalue weighted by Crippen LogP contribution is -2.60. The van der Waals surface area contributed by atoms with E-state index in [9.17, 15) is 15.0 Å². The fourth-order valence-corrected chi connectivity index (χ4v) is 10.7. The molecule has 0 aromatic heterocycles. The molecule has 1 aliphatic carbocycles. The highest BCUT2D eigenvalue weighted by molar-refractivity contribution is 5.92. The smallest absolute Gasteiger partial charge is 0.309 e. The van der Waals surface area contributed by atoms with Crippen LogP contribution in [0.5, 0.6) is 0 Å². The first kappa shape index (κ1) is 36.5. The highest BCUT2D eigenvalue weighted by atomic mass is 16.8. The SMILES string of the molecule is C=C1CCCC2=NCC(C)C(C)CC23CCC(C2CC(C)C(=O)O2)=C(C)C3/C=C(/C)C(O)CC2CCC3(CCC4(OC(CCC4(C)O)C1)O3)O2. The van der Waals surface area contributed by atoms with Gasteiger partial charge in [0.05, 0.1) is 24.2 Å². The summed E-state index contributed by atoms with van der Waals surface area (Å²) in [5.74, 6) is -1.04. The Hall–Kier alpha value is -1.84. The lowest BCUT2D eigenvalue weighted by atomic mass is 9.56. The number of allylic oxidation sites excluding steroid dienone is 2. The Balaban J connectivity index is 1.26. The van der Waals surface area contributed by atoms with Gasteiger partial charge >= 0.3 is 5.97 Å². The fraction of sp³-hybridized carbons (Fsp3) is 0.810. The quantitative estimate of drug-likeness (QED) is 0.212. The molecule has 50 heavy (non-hydrogen) atoms. The van der Waals surface area contributed by atoms with Crippen LogP contribution in [0, 0.1) is 29.1 Å². The summed E-state index contributed by atoms with van der Waals surface area (Å²) in [6.45, 7) is 18.2. The van der Waals surface area contributed by atoms with Crippen LogP contribution in [0.25, 0.3) is 0 Å². The largest absolute Gasteiger partial charge is 0.458 e. The average molecular weight is 694 g/mol. The van der Waals surface area contributed by atoms with Gasteiger partial charge in [0.1, 0.15) is 11.7 Å². The van der Waals surface area contributed by atoms with E-state index in [1.165, 1.54) is 22.4 Å². The first-order valence-electron chi connectivity index (χ1n) is 19.9. The maximum atomic E-state index is 12.6. The Bertz CT molecular complexity index is 1450. The Morgan fingerprint density at radius 3 is 2.48 bits per heavy atom. The summed E-state index contributed by atoms with van der Waals surface area (Å²) in [5.41, 5.74) is 4.73. The molecule has 0 saturated carbocycles. The van der Waals surface area contributed by atoms with Crippen LogP contribution in [0.4, 0.5) is 0 Å². The average Bonchev–Trinajstić information content (AvgIpc) is 3.71. The van der Waals surface area contributed by atoms with Gasteiger partial charge in [-0.2, -0.15) is 0 Å². The molecule has 8 heteroatoms. The van der Waals surface area contributed by atoms with Crippen LogP contribution < -0.4 is 0 Å². The predicted molar refractivity (Wildman–Crippen MR) is 193 cm³/mol. The van der Waals surface area contributed by atoms with Crippen LogP contribution in [0.15, 0.2) is 39.9 Å². The molecule has 7 aliphatic rings. The molecule has 6 heterocycles. The van der Waals surface area contributed by atoms with Crippen LogP contribution in [0.3, 0.4) is 0 Å². The molecule has 0 aromatic carbocycles. The summed E-state index contributed by atoms with van der Waals surface area (Å²) in [6, 6.07) is 0. The van der Waals surface area contributed by atoms with E-state index in [0.717, 1.165) is 82.7 Å².